The molecule has 1 aliphatic rings. The summed E-state index contributed by atoms with van der Waals surface area (Å²) in [7, 11) is 0. The van der Waals surface area contributed by atoms with E-state index < -0.39 is 6.16 Å². The van der Waals surface area contributed by atoms with E-state index >= 15 is 0 Å². The van der Waals surface area contributed by atoms with Crippen molar-refractivity contribution in [2.24, 2.45) is 0 Å². The maximum Gasteiger partial charge on any atom is 0.528 e. The number of anilines is 2. The van der Waals surface area contributed by atoms with Crippen molar-refractivity contribution < 1.29 is 23.8 Å². The van der Waals surface area contributed by atoms with Gasteiger partial charge in [0.25, 0.3) is 0 Å². The van der Waals surface area contributed by atoms with Crippen molar-refractivity contribution in [3.8, 4) is 11.8 Å². The molecule has 0 bridgehead atoms. The SMILES string of the molecule is CCOc1ccc(Nc2cc(OC3CCN(OC(=O)OC(C)C)CC3)ncn2)cn1. The summed E-state index contributed by atoms with van der Waals surface area (Å²) in [4.78, 5) is 29.4. The number of hydrogen-bond donors (Lipinski definition) is 1. The van der Waals surface area contributed by atoms with Crippen molar-refractivity contribution in [3.05, 3.63) is 30.7 Å². The van der Waals surface area contributed by atoms with Gasteiger partial charge in [-0.1, -0.05) is 0 Å². The van der Waals surface area contributed by atoms with Crippen molar-refractivity contribution in [2.45, 2.75) is 45.8 Å². The van der Waals surface area contributed by atoms with Crippen molar-refractivity contribution >= 4 is 17.7 Å². The van der Waals surface area contributed by atoms with Crippen LogP contribution in [-0.2, 0) is 9.57 Å². The van der Waals surface area contributed by atoms with Crippen LogP contribution in [0, 0.1) is 0 Å². The van der Waals surface area contributed by atoms with Gasteiger partial charge < -0.3 is 24.4 Å². The Morgan fingerprint density at radius 3 is 2.67 bits per heavy atom. The zero-order valence-electron chi connectivity index (χ0n) is 17.4. The Kier molecular flexibility index (Phi) is 7.61. The Morgan fingerprint density at radius 2 is 2.00 bits per heavy atom. The van der Waals surface area contributed by atoms with E-state index in [-0.39, 0.29) is 12.2 Å². The summed E-state index contributed by atoms with van der Waals surface area (Å²) in [5, 5.41) is 4.76. The van der Waals surface area contributed by atoms with Gasteiger partial charge in [-0.05, 0) is 26.8 Å². The lowest BCUT2D eigenvalue weighted by Crippen LogP contribution is -2.40. The van der Waals surface area contributed by atoms with Crippen molar-refractivity contribution in [1.29, 1.82) is 0 Å². The van der Waals surface area contributed by atoms with Gasteiger partial charge in [0.15, 0.2) is 0 Å². The molecule has 3 rings (SSSR count). The summed E-state index contributed by atoms with van der Waals surface area (Å²) in [5.41, 5.74) is 0.779. The van der Waals surface area contributed by atoms with Crippen LogP contribution in [0.2, 0.25) is 0 Å². The van der Waals surface area contributed by atoms with Gasteiger partial charge in [0.1, 0.15) is 18.2 Å². The lowest BCUT2D eigenvalue weighted by Gasteiger charge is -2.30. The normalized spacial score (nSPS) is 14.9. The molecule has 1 saturated heterocycles. The molecule has 2 aromatic rings. The lowest BCUT2D eigenvalue weighted by molar-refractivity contribution is -0.151. The fourth-order valence-electron chi connectivity index (χ4n) is 2.84. The highest BCUT2D eigenvalue weighted by molar-refractivity contribution is 5.59. The Bertz CT molecular complexity index is 809. The molecule has 0 spiro atoms. The Morgan fingerprint density at radius 1 is 1.20 bits per heavy atom. The Balaban J connectivity index is 1.48. The van der Waals surface area contributed by atoms with Crippen LogP contribution < -0.4 is 14.8 Å². The number of hydrogen-bond acceptors (Lipinski definition) is 10. The Labute approximate surface area is 175 Å². The van der Waals surface area contributed by atoms with Gasteiger partial charge in [0, 0.05) is 38.1 Å². The number of pyridine rings is 1. The van der Waals surface area contributed by atoms with Crippen LogP contribution in [0.3, 0.4) is 0 Å². The fraction of sp³-hybridized carbons (Fsp3) is 0.500. The number of carbonyl (C=O) groups excluding carboxylic acids is 1. The molecule has 2 aromatic heterocycles. The molecule has 1 N–H and O–H groups in total. The van der Waals surface area contributed by atoms with Gasteiger partial charge in [0.2, 0.25) is 11.8 Å². The van der Waals surface area contributed by atoms with Crippen LogP contribution in [0.25, 0.3) is 0 Å². The first-order chi connectivity index (χ1) is 14.5. The van der Waals surface area contributed by atoms with E-state index in [2.05, 4.69) is 20.3 Å². The number of ether oxygens (including phenoxy) is 3. The molecule has 10 nitrogen and oxygen atoms in total. The average Bonchev–Trinajstić information content (AvgIpc) is 2.71. The standard InChI is InChI=1S/C20H27N5O5/c1-4-27-18-6-5-15(12-21-18)24-17-11-19(23-13-22-17)29-16-7-9-25(10-8-16)30-20(26)28-14(2)3/h5-6,11-14,16H,4,7-10H2,1-3H3,(H,22,23,24). The fourth-order valence-corrected chi connectivity index (χ4v) is 2.84. The van der Waals surface area contributed by atoms with Crippen molar-refractivity contribution in [2.75, 3.05) is 25.0 Å². The average molecular weight is 417 g/mol. The number of piperidine rings is 1. The first-order valence-electron chi connectivity index (χ1n) is 10.00. The summed E-state index contributed by atoms with van der Waals surface area (Å²) in [6, 6.07) is 5.39. The molecular weight excluding hydrogens is 390 g/mol. The van der Waals surface area contributed by atoms with Gasteiger partial charge in [-0.2, -0.15) is 0 Å². The van der Waals surface area contributed by atoms with E-state index in [1.165, 1.54) is 6.33 Å². The topological polar surface area (TPSA) is 108 Å². The largest absolute Gasteiger partial charge is 0.528 e. The molecule has 0 saturated carbocycles. The first kappa shape index (κ1) is 21.6. The Hall–Kier alpha value is -3.14. The smallest absolute Gasteiger partial charge is 0.478 e. The second kappa shape index (κ2) is 10.6. The number of hydroxylamine groups is 2. The molecule has 0 unspecified atom stereocenters. The van der Waals surface area contributed by atoms with Crippen LogP contribution in [0.1, 0.15) is 33.6 Å². The minimum absolute atomic E-state index is 0.0270. The van der Waals surface area contributed by atoms with E-state index in [1.807, 2.05) is 13.0 Å². The molecule has 30 heavy (non-hydrogen) atoms. The van der Waals surface area contributed by atoms with E-state index in [4.69, 9.17) is 19.0 Å². The number of carbonyl (C=O) groups is 1. The molecule has 10 heteroatoms. The van der Waals surface area contributed by atoms with E-state index in [1.54, 1.807) is 37.2 Å². The molecule has 0 aliphatic carbocycles. The van der Waals surface area contributed by atoms with Crippen LogP contribution in [0.4, 0.5) is 16.3 Å². The van der Waals surface area contributed by atoms with Gasteiger partial charge >= 0.3 is 6.16 Å². The maximum atomic E-state index is 11.6. The van der Waals surface area contributed by atoms with E-state index in [0.29, 0.717) is 50.1 Å². The van der Waals surface area contributed by atoms with Crippen LogP contribution >= 0.6 is 0 Å². The van der Waals surface area contributed by atoms with Gasteiger partial charge in [-0.15, -0.1) is 5.06 Å². The van der Waals surface area contributed by atoms with Crippen LogP contribution in [-0.4, -0.2) is 58.1 Å². The molecule has 1 aliphatic heterocycles. The summed E-state index contributed by atoms with van der Waals surface area (Å²) >= 11 is 0. The van der Waals surface area contributed by atoms with Crippen molar-refractivity contribution in [1.82, 2.24) is 20.0 Å². The quantitative estimate of drug-likeness (QED) is 0.642. The second-order valence-corrected chi connectivity index (χ2v) is 6.94. The molecule has 162 valence electrons. The number of rotatable bonds is 8. The third kappa shape index (κ3) is 6.73. The van der Waals surface area contributed by atoms with Crippen molar-refractivity contribution in [3.63, 3.8) is 0 Å². The highest BCUT2D eigenvalue weighted by Gasteiger charge is 2.24. The predicted octanol–water partition coefficient (Wildman–Crippen LogP) is 3.33. The molecular formula is C20H27N5O5. The highest BCUT2D eigenvalue weighted by Crippen LogP contribution is 2.21. The summed E-state index contributed by atoms with van der Waals surface area (Å²) in [6.45, 7) is 7.16. The maximum absolute atomic E-state index is 11.6. The van der Waals surface area contributed by atoms with Crippen LogP contribution in [0.15, 0.2) is 30.7 Å². The zero-order valence-corrected chi connectivity index (χ0v) is 17.4. The number of nitrogens with one attached hydrogen (secondary N) is 1. The van der Waals surface area contributed by atoms with Gasteiger partial charge in [-0.3, -0.25) is 0 Å². The molecule has 0 radical (unpaired) electrons. The minimum Gasteiger partial charge on any atom is -0.478 e. The van der Waals surface area contributed by atoms with Gasteiger partial charge in [-0.25, -0.2) is 19.7 Å². The lowest BCUT2D eigenvalue weighted by atomic mass is 10.1. The summed E-state index contributed by atoms with van der Waals surface area (Å²) < 4.78 is 16.3. The number of nitrogens with zero attached hydrogens (tertiary/aromatic N) is 4. The molecule has 1 fully saturated rings. The monoisotopic (exact) mass is 417 g/mol. The molecule has 0 aromatic carbocycles. The summed E-state index contributed by atoms with van der Waals surface area (Å²) in [6.07, 6.45) is 3.60. The molecule has 3 heterocycles. The number of aromatic nitrogens is 3. The third-order valence-electron chi connectivity index (χ3n) is 4.17. The predicted molar refractivity (Wildman–Crippen MR) is 109 cm³/mol. The summed E-state index contributed by atoms with van der Waals surface area (Å²) in [5.74, 6) is 1.65. The van der Waals surface area contributed by atoms with Gasteiger partial charge in [0.05, 0.1) is 24.6 Å². The van der Waals surface area contributed by atoms with E-state index in [9.17, 15) is 4.79 Å². The molecule has 0 atom stereocenters. The minimum atomic E-state index is -0.681. The second-order valence-electron chi connectivity index (χ2n) is 6.94. The third-order valence-corrected chi connectivity index (χ3v) is 4.17. The first-order valence-corrected chi connectivity index (χ1v) is 10.00. The zero-order chi connectivity index (χ0) is 21.3. The molecule has 0 amide bonds. The highest BCUT2D eigenvalue weighted by atomic mass is 16.8. The van der Waals surface area contributed by atoms with E-state index in [0.717, 1.165) is 5.69 Å². The van der Waals surface area contributed by atoms with Crippen LogP contribution in [0.5, 0.6) is 11.8 Å².